The standard InChI is InChI=1S/C10H16N4O/c1-6-3-11-5-8(6)10(15)13-9-7(2)4-12-14-9/h4,6,8,11H,3,5H2,1-2H3,(H2,12,13,14,15)/t6-,8-/m1/s1. The smallest absolute Gasteiger partial charge is 0.230 e. The summed E-state index contributed by atoms with van der Waals surface area (Å²) in [5.41, 5.74) is 0.960. The molecule has 2 heterocycles. The molecule has 0 radical (unpaired) electrons. The van der Waals surface area contributed by atoms with E-state index in [1.807, 2.05) is 6.92 Å². The molecule has 1 aromatic heterocycles. The summed E-state index contributed by atoms with van der Waals surface area (Å²) in [5.74, 6) is 1.24. The van der Waals surface area contributed by atoms with Gasteiger partial charge in [-0.05, 0) is 19.4 Å². The first-order chi connectivity index (χ1) is 7.18. The minimum Gasteiger partial charge on any atom is -0.316 e. The molecule has 15 heavy (non-hydrogen) atoms. The normalized spacial score (nSPS) is 25.5. The van der Waals surface area contributed by atoms with Crippen LogP contribution in [-0.2, 0) is 4.79 Å². The molecule has 1 aliphatic rings. The maximum Gasteiger partial charge on any atom is 0.230 e. The molecule has 2 atom stereocenters. The van der Waals surface area contributed by atoms with E-state index in [2.05, 4.69) is 27.8 Å². The summed E-state index contributed by atoms with van der Waals surface area (Å²) < 4.78 is 0. The molecular weight excluding hydrogens is 192 g/mol. The van der Waals surface area contributed by atoms with E-state index in [1.165, 1.54) is 0 Å². The van der Waals surface area contributed by atoms with Crippen LogP contribution in [0.1, 0.15) is 12.5 Å². The number of carbonyl (C=O) groups excluding carboxylic acids is 1. The van der Waals surface area contributed by atoms with E-state index < -0.39 is 0 Å². The Balaban J connectivity index is 2.01. The Kier molecular flexibility index (Phi) is 2.73. The van der Waals surface area contributed by atoms with Gasteiger partial charge in [0.15, 0.2) is 0 Å². The number of nitrogens with zero attached hydrogens (tertiary/aromatic N) is 1. The van der Waals surface area contributed by atoms with Crippen molar-refractivity contribution in [1.29, 1.82) is 0 Å². The van der Waals surface area contributed by atoms with E-state index in [0.29, 0.717) is 11.7 Å². The molecular formula is C10H16N4O. The van der Waals surface area contributed by atoms with Gasteiger partial charge in [-0.15, -0.1) is 0 Å². The molecule has 0 unspecified atom stereocenters. The zero-order valence-electron chi connectivity index (χ0n) is 9.00. The summed E-state index contributed by atoms with van der Waals surface area (Å²) >= 11 is 0. The molecule has 1 amide bonds. The lowest BCUT2D eigenvalue weighted by Crippen LogP contribution is -2.28. The highest BCUT2D eigenvalue weighted by Gasteiger charge is 2.29. The van der Waals surface area contributed by atoms with Gasteiger partial charge in [0.2, 0.25) is 5.91 Å². The van der Waals surface area contributed by atoms with Crippen LogP contribution in [0.25, 0.3) is 0 Å². The van der Waals surface area contributed by atoms with Crippen LogP contribution in [-0.4, -0.2) is 29.2 Å². The lowest BCUT2D eigenvalue weighted by molar-refractivity contribution is -0.120. The first-order valence-electron chi connectivity index (χ1n) is 5.20. The minimum absolute atomic E-state index is 0.0627. The lowest BCUT2D eigenvalue weighted by Gasteiger charge is -2.13. The van der Waals surface area contributed by atoms with E-state index >= 15 is 0 Å². The Morgan fingerprint density at radius 2 is 2.40 bits per heavy atom. The van der Waals surface area contributed by atoms with Gasteiger partial charge in [0.1, 0.15) is 5.82 Å². The van der Waals surface area contributed by atoms with Crippen molar-refractivity contribution in [1.82, 2.24) is 15.5 Å². The van der Waals surface area contributed by atoms with Crippen LogP contribution in [0.15, 0.2) is 6.20 Å². The summed E-state index contributed by atoms with van der Waals surface area (Å²) in [6, 6.07) is 0. The highest BCUT2D eigenvalue weighted by Crippen LogP contribution is 2.18. The molecule has 0 aromatic carbocycles. The predicted octanol–water partition coefficient (Wildman–Crippen LogP) is 0.512. The molecule has 0 bridgehead atoms. The van der Waals surface area contributed by atoms with E-state index in [-0.39, 0.29) is 11.8 Å². The van der Waals surface area contributed by atoms with Gasteiger partial charge in [-0.2, -0.15) is 5.10 Å². The van der Waals surface area contributed by atoms with E-state index in [0.717, 1.165) is 18.7 Å². The molecule has 82 valence electrons. The zero-order valence-corrected chi connectivity index (χ0v) is 9.00. The molecule has 1 aromatic rings. The van der Waals surface area contributed by atoms with Crippen molar-refractivity contribution in [2.45, 2.75) is 13.8 Å². The molecule has 5 heteroatoms. The Morgan fingerprint density at radius 3 is 2.93 bits per heavy atom. The van der Waals surface area contributed by atoms with Crippen molar-refractivity contribution >= 4 is 11.7 Å². The fourth-order valence-electron chi connectivity index (χ4n) is 1.85. The van der Waals surface area contributed by atoms with Crippen molar-refractivity contribution in [3.63, 3.8) is 0 Å². The van der Waals surface area contributed by atoms with Crippen molar-refractivity contribution in [2.24, 2.45) is 11.8 Å². The number of hydrogen-bond donors (Lipinski definition) is 3. The molecule has 0 saturated carbocycles. The maximum absolute atomic E-state index is 11.9. The highest BCUT2D eigenvalue weighted by atomic mass is 16.2. The number of aromatic nitrogens is 2. The van der Waals surface area contributed by atoms with Crippen LogP contribution in [0, 0.1) is 18.8 Å². The molecule has 0 spiro atoms. The number of carbonyl (C=O) groups is 1. The Labute approximate surface area is 88.6 Å². The third-order valence-corrected chi connectivity index (χ3v) is 2.93. The number of H-pyrrole nitrogens is 1. The number of aryl methyl sites for hydroxylation is 1. The third kappa shape index (κ3) is 2.02. The second-order valence-corrected chi connectivity index (χ2v) is 4.16. The Hall–Kier alpha value is -1.36. The molecule has 3 N–H and O–H groups in total. The fraction of sp³-hybridized carbons (Fsp3) is 0.600. The van der Waals surface area contributed by atoms with Gasteiger partial charge in [-0.1, -0.05) is 6.92 Å². The van der Waals surface area contributed by atoms with Gasteiger partial charge in [-0.25, -0.2) is 0 Å². The second-order valence-electron chi connectivity index (χ2n) is 4.16. The largest absolute Gasteiger partial charge is 0.316 e. The van der Waals surface area contributed by atoms with Crippen LogP contribution in [0.3, 0.4) is 0 Å². The molecule has 2 rings (SSSR count). The third-order valence-electron chi connectivity index (χ3n) is 2.93. The van der Waals surface area contributed by atoms with Gasteiger partial charge >= 0.3 is 0 Å². The number of nitrogens with one attached hydrogen (secondary N) is 3. The van der Waals surface area contributed by atoms with Crippen LogP contribution in [0.5, 0.6) is 0 Å². The lowest BCUT2D eigenvalue weighted by atomic mass is 9.97. The van der Waals surface area contributed by atoms with Crippen molar-refractivity contribution in [3.05, 3.63) is 11.8 Å². The summed E-state index contributed by atoms with van der Waals surface area (Å²) in [7, 11) is 0. The molecule has 5 nitrogen and oxygen atoms in total. The number of amides is 1. The molecule has 0 aliphatic carbocycles. The number of hydrogen-bond acceptors (Lipinski definition) is 3. The topological polar surface area (TPSA) is 69.8 Å². The first kappa shape index (κ1) is 10.2. The number of aromatic amines is 1. The molecule has 1 saturated heterocycles. The SMILES string of the molecule is Cc1cn[nH]c1NC(=O)[C@@H]1CNC[C@H]1C. The molecule has 1 fully saturated rings. The number of rotatable bonds is 2. The minimum atomic E-state index is 0.0627. The zero-order chi connectivity index (χ0) is 10.8. The van der Waals surface area contributed by atoms with Crippen molar-refractivity contribution < 1.29 is 4.79 Å². The summed E-state index contributed by atoms with van der Waals surface area (Å²) in [6.07, 6.45) is 1.70. The highest BCUT2D eigenvalue weighted by molar-refractivity contribution is 5.92. The van der Waals surface area contributed by atoms with E-state index in [1.54, 1.807) is 6.20 Å². The first-order valence-corrected chi connectivity index (χ1v) is 5.20. The van der Waals surface area contributed by atoms with Crippen LogP contribution < -0.4 is 10.6 Å². The van der Waals surface area contributed by atoms with E-state index in [9.17, 15) is 4.79 Å². The predicted molar refractivity (Wildman–Crippen MR) is 57.5 cm³/mol. The van der Waals surface area contributed by atoms with Crippen molar-refractivity contribution in [2.75, 3.05) is 18.4 Å². The fourth-order valence-corrected chi connectivity index (χ4v) is 1.85. The van der Waals surface area contributed by atoms with Crippen LogP contribution in [0.2, 0.25) is 0 Å². The number of anilines is 1. The summed E-state index contributed by atoms with van der Waals surface area (Å²) in [4.78, 5) is 11.9. The Bertz CT molecular complexity index is 360. The summed E-state index contributed by atoms with van der Waals surface area (Å²) in [6.45, 7) is 5.68. The Morgan fingerprint density at radius 1 is 1.60 bits per heavy atom. The van der Waals surface area contributed by atoms with Crippen molar-refractivity contribution in [3.8, 4) is 0 Å². The second kappa shape index (κ2) is 4.02. The van der Waals surface area contributed by atoms with Crippen LogP contribution >= 0.6 is 0 Å². The monoisotopic (exact) mass is 208 g/mol. The van der Waals surface area contributed by atoms with Gasteiger partial charge in [0, 0.05) is 12.1 Å². The maximum atomic E-state index is 11.9. The van der Waals surface area contributed by atoms with Gasteiger partial charge < -0.3 is 10.6 Å². The van der Waals surface area contributed by atoms with Gasteiger partial charge in [0.25, 0.3) is 0 Å². The van der Waals surface area contributed by atoms with E-state index in [4.69, 9.17) is 0 Å². The quantitative estimate of drug-likeness (QED) is 0.663. The average molecular weight is 208 g/mol. The summed E-state index contributed by atoms with van der Waals surface area (Å²) in [5, 5.41) is 12.7. The average Bonchev–Trinajstić information content (AvgIpc) is 2.76. The van der Waals surface area contributed by atoms with Crippen LogP contribution in [0.4, 0.5) is 5.82 Å². The van der Waals surface area contributed by atoms with Gasteiger partial charge in [0.05, 0.1) is 12.1 Å². The molecule has 1 aliphatic heterocycles. The van der Waals surface area contributed by atoms with Gasteiger partial charge in [-0.3, -0.25) is 9.89 Å².